The molecule has 0 atom stereocenters. The Morgan fingerprint density at radius 1 is 1.12 bits per heavy atom. The lowest BCUT2D eigenvalue weighted by Gasteiger charge is -2.12. The third-order valence-corrected chi connectivity index (χ3v) is 4.94. The van der Waals surface area contributed by atoms with Gasteiger partial charge in [0.2, 0.25) is 0 Å². The first kappa shape index (κ1) is 19.3. The molecule has 0 radical (unpaired) electrons. The zero-order valence-electron chi connectivity index (χ0n) is 13.7. The number of esters is 1. The first-order chi connectivity index (χ1) is 11.9. The van der Waals surface area contributed by atoms with E-state index < -0.39 is 10.1 Å². The SMILES string of the molecule is CCOc1ccc(Br)cc1S(=O)(=O)Oc1ccc(CC(=O)OC)cc1. The molecule has 134 valence electrons. The van der Waals surface area contributed by atoms with Gasteiger partial charge in [0, 0.05) is 4.47 Å². The fraction of sp³-hybridized carbons (Fsp3) is 0.235. The van der Waals surface area contributed by atoms with Crippen LogP contribution in [0, 0.1) is 0 Å². The topological polar surface area (TPSA) is 78.9 Å². The van der Waals surface area contributed by atoms with E-state index in [1.54, 1.807) is 31.2 Å². The molecule has 0 amide bonds. The van der Waals surface area contributed by atoms with Gasteiger partial charge in [0.25, 0.3) is 0 Å². The zero-order chi connectivity index (χ0) is 18.4. The molecule has 8 heteroatoms. The van der Waals surface area contributed by atoms with E-state index in [4.69, 9.17) is 8.92 Å². The number of hydrogen-bond acceptors (Lipinski definition) is 6. The highest BCUT2D eigenvalue weighted by Gasteiger charge is 2.22. The first-order valence-electron chi connectivity index (χ1n) is 7.38. The van der Waals surface area contributed by atoms with Gasteiger partial charge in [0.05, 0.1) is 20.1 Å². The zero-order valence-corrected chi connectivity index (χ0v) is 16.1. The van der Waals surface area contributed by atoms with Crippen molar-refractivity contribution in [2.45, 2.75) is 18.2 Å². The molecular weight excluding hydrogens is 412 g/mol. The average Bonchev–Trinajstić information content (AvgIpc) is 2.58. The minimum Gasteiger partial charge on any atom is -0.492 e. The molecule has 0 aliphatic heterocycles. The monoisotopic (exact) mass is 428 g/mol. The van der Waals surface area contributed by atoms with Crippen LogP contribution in [0.1, 0.15) is 12.5 Å². The van der Waals surface area contributed by atoms with Gasteiger partial charge in [-0.1, -0.05) is 28.1 Å². The van der Waals surface area contributed by atoms with Crippen molar-refractivity contribution < 1.29 is 26.9 Å². The number of carbonyl (C=O) groups is 1. The molecule has 0 saturated carbocycles. The number of rotatable bonds is 7. The Kier molecular flexibility index (Phi) is 6.44. The lowest BCUT2D eigenvalue weighted by Crippen LogP contribution is -2.12. The molecule has 25 heavy (non-hydrogen) atoms. The number of carbonyl (C=O) groups excluding carboxylic acids is 1. The molecule has 6 nitrogen and oxygen atoms in total. The van der Waals surface area contributed by atoms with Gasteiger partial charge in [-0.3, -0.25) is 4.79 Å². The smallest absolute Gasteiger partial charge is 0.342 e. The lowest BCUT2D eigenvalue weighted by molar-refractivity contribution is -0.139. The van der Waals surface area contributed by atoms with Crippen molar-refractivity contribution in [3.05, 3.63) is 52.5 Å². The highest BCUT2D eigenvalue weighted by molar-refractivity contribution is 9.10. The number of benzene rings is 2. The van der Waals surface area contributed by atoms with Gasteiger partial charge in [0.1, 0.15) is 16.4 Å². The van der Waals surface area contributed by atoms with Crippen molar-refractivity contribution in [1.82, 2.24) is 0 Å². The number of methoxy groups -OCH3 is 1. The van der Waals surface area contributed by atoms with Crippen molar-refractivity contribution in [2.75, 3.05) is 13.7 Å². The van der Waals surface area contributed by atoms with Crippen LogP contribution in [-0.4, -0.2) is 28.1 Å². The van der Waals surface area contributed by atoms with Crippen LogP contribution in [0.2, 0.25) is 0 Å². The van der Waals surface area contributed by atoms with Crippen molar-refractivity contribution in [1.29, 1.82) is 0 Å². The molecule has 0 unspecified atom stereocenters. The average molecular weight is 429 g/mol. The Hall–Kier alpha value is -2.06. The fourth-order valence-corrected chi connectivity index (χ4v) is 3.64. The predicted octanol–water partition coefficient (Wildman–Crippen LogP) is 3.33. The normalized spacial score (nSPS) is 11.0. The largest absolute Gasteiger partial charge is 0.492 e. The molecule has 2 aromatic rings. The van der Waals surface area contributed by atoms with Gasteiger partial charge in [-0.25, -0.2) is 0 Å². The maximum Gasteiger partial charge on any atom is 0.342 e. The minimum absolute atomic E-state index is 0.0673. The van der Waals surface area contributed by atoms with Gasteiger partial charge >= 0.3 is 16.1 Å². The highest BCUT2D eigenvalue weighted by atomic mass is 79.9. The van der Waals surface area contributed by atoms with Crippen LogP contribution >= 0.6 is 15.9 Å². The predicted molar refractivity (Wildman–Crippen MR) is 95.3 cm³/mol. The van der Waals surface area contributed by atoms with Crippen LogP contribution in [0.15, 0.2) is 51.8 Å². The molecule has 0 heterocycles. The Labute approximate surface area is 155 Å². The molecule has 0 aliphatic carbocycles. The van der Waals surface area contributed by atoms with Gasteiger partial charge < -0.3 is 13.7 Å². The molecule has 0 aromatic heterocycles. The summed E-state index contributed by atoms with van der Waals surface area (Å²) in [5, 5.41) is 0. The Morgan fingerprint density at radius 2 is 1.80 bits per heavy atom. The van der Waals surface area contributed by atoms with E-state index in [1.807, 2.05) is 0 Å². The quantitative estimate of drug-likeness (QED) is 0.496. The first-order valence-corrected chi connectivity index (χ1v) is 9.58. The van der Waals surface area contributed by atoms with E-state index in [9.17, 15) is 13.2 Å². The number of halogens is 1. The standard InChI is InChI=1S/C17H17BrO6S/c1-3-23-15-9-6-13(18)11-16(15)25(20,21)24-14-7-4-12(5-8-14)10-17(19)22-2/h4-9,11H,3,10H2,1-2H3. The second-order valence-electron chi connectivity index (χ2n) is 4.96. The number of hydrogen-bond donors (Lipinski definition) is 0. The van der Waals surface area contributed by atoms with Crippen LogP contribution in [-0.2, 0) is 26.1 Å². The van der Waals surface area contributed by atoms with Crippen LogP contribution in [0.5, 0.6) is 11.5 Å². The van der Waals surface area contributed by atoms with Crippen molar-refractivity contribution >= 4 is 32.0 Å². The third kappa shape index (κ3) is 5.20. The van der Waals surface area contributed by atoms with Crippen LogP contribution in [0.3, 0.4) is 0 Å². The fourth-order valence-electron chi connectivity index (χ4n) is 2.03. The summed E-state index contributed by atoms with van der Waals surface area (Å²) >= 11 is 3.25. The van der Waals surface area contributed by atoms with Crippen LogP contribution < -0.4 is 8.92 Å². The molecular formula is C17H17BrO6S. The summed E-state index contributed by atoms with van der Waals surface area (Å²) in [5.74, 6) is -0.0270. The molecule has 0 aliphatic rings. The maximum atomic E-state index is 12.6. The molecule has 0 saturated heterocycles. The highest BCUT2D eigenvalue weighted by Crippen LogP contribution is 2.30. The molecule has 0 bridgehead atoms. The van der Waals surface area contributed by atoms with Gasteiger partial charge in [-0.05, 0) is 42.8 Å². The van der Waals surface area contributed by atoms with Gasteiger partial charge in [0.15, 0.2) is 0 Å². The number of ether oxygens (including phenoxy) is 2. The summed E-state index contributed by atoms with van der Waals surface area (Å²) < 4.78 is 40.8. The molecule has 0 fully saturated rings. The minimum atomic E-state index is -4.08. The van der Waals surface area contributed by atoms with E-state index >= 15 is 0 Å². The molecule has 2 aromatic carbocycles. The Bertz CT molecular complexity index is 846. The van der Waals surface area contributed by atoms with Gasteiger partial charge in [-0.15, -0.1) is 0 Å². The van der Waals surface area contributed by atoms with Gasteiger partial charge in [-0.2, -0.15) is 8.42 Å². The molecule has 0 N–H and O–H groups in total. The maximum absolute atomic E-state index is 12.6. The van der Waals surface area contributed by atoms with Crippen molar-refractivity contribution in [2.24, 2.45) is 0 Å². The summed E-state index contributed by atoms with van der Waals surface area (Å²) in [4.78, 5) is 11.2. The summed E-state index contributed by atoms with van der Waals surface area (Å²) in [6.07, 6.45) is 0.101. The lowest BCUT2D eigenvalue weighted by atomic mass is 10.1. The van der Waals surface area contributed by atoms with Crippen LogP contribution in [0.4, 0.5) is 0 Å². The van der Waals surface area contributed by atoms with Crippen molar-refractivity contribution in [3.8, 4) is 11.5 Å². The van der Waals surface area contributed by atoms with E-state index in [1.165, 1.54) is 25.3 Å². The Morgan fingerprint density at radius 3 is 2.40 bits per heavy atom. The molecule has 2 rings (SSSR count). The second kappa shape index (κ2) is 8.35. The summed E-state index contributed by atoms with van der Waals surface area (Å²) in [6, 6.07) is 10.8. The van der Waals surface area contributed by atoms with E-state index in [0.717, 1.165) is 0 Å². The third-order valence-electron chi connectivity index (χ3n) is 3.18. The van der Waals surface area contributed by atoms with E-state index in [2.05, 4.69) is 20.7 Å². The summed E-state index contributed by atoms with van der Waals surface area (Å²) in [5.41, 5.74) is 0.689. The summed E-state index contributed by atoms with van der Waals surface area (Å²) in [7, 11) is -2.77. The summed E-state index contributed by atoms with van der Waals surface area (Å²) in [6.45, 7) is 2.09. The molecule has 0 spiro atoms. The van der Waals surface area contributed by atoms with Crippen molar-refractivity contribution in [3.63, 3.8) is 0 Å². The van der Waals surface area contributed by atoms with Crippen LogP contribution in [0.25, 0.3) is 0 Å². The Balaban J connectivity index is 2.24. The second-order valence-corrected chi connectivity index (χ2v) is 7.39. The van der Waals surface area contributed by atoms with E-state index in [0.29, 0.717) is 16.6 Å². The van der Waals surface area contributed by atoms with E-state index in [-0.39, 0.29) is 28.8 Å².